The van der Waals surface area contributed by atoms with Crippen LogP contribution in [0, 0.1) is 13.8 Å². The minimum absolute atomic E-state index is 0.122. The largest absolute Gasteiger partial charge is 0.494 e. The van der Waals surface area contributed by atoms with Gasteiger partial charge in [0.15, 0.2) is 5.65 Å². The van der Waals surface area contributed by atoms with Crippen molar-refractivity contribution < 1.29 is 9.53 Å². The van der Waals surface area contributed by atoms with E-state index in [1.165, 1.54) is 10.9 Å². The van der Waals surface area contributed by atoms with E-state index in [9.17, 15) is 9.59 Å². The Labute approximate surface area is 196 Å². The van der Waals surface area contributed by atoms with Crippen LogP contribution in [0.2, 0.25) is 5.02 Å². The smallest absolute Gasteiger partial charge is 0.263 e. The fourth-order valence-electron chi connectivity index (χ4n) is 3.86. The number of carbonyl (C=O) groups excluding carboxylic acids is 1. The number of para-hydroxylation sites is 1. The van der Waals surface area contributed by atoms with Gasteiger partial charge in [-0.3, -0.25) is 18.7 Å². The summed E-state index contributed by atoms with van der Waals surface area (Å²) in [4.78, 5) is 30.4. The maximum absolute atomic E-state index is 13.2. The SMILES string of the molecule is CCOc1ccccc1CNC(=O)Cn1cnc2c(c(C)c(C)n2-c2ccc(Cl)cc2)c1=O. The summed E-state index contributed by atoms with van der Waals surface area (Å²) in [6.45, 7) is 6.48. The summed E-state index contributed by atoms with van der Waals surface area (Å²) in [7, 11) is 0. The number of aromatic nitrogens is 3. The number of ether oxygens (including phenoxy) is 1. The molecule has 0 saturated heterocycles. The quantitative estimate of drug-likeness (QED) is 0.445. The van der Waals surface area contributed by atoms with Gasteiger partial charge in [-0.25, -0.2) is 4.98 Å². The highest BCUT2D eigenvalue weighted by Gasteiger charge is 2.18. The summed E-state index contributed by atoms with van der Waals surface area (Å²) in [6.07, 6.45) is 1.42. The number of fused-ring (bicyclic) bond motifs is 1. The lowest BCUT2D eigenvalue weighted by molar-refractivity contribution is -0.121. The molecule has 0 saturated carbocycles. The Kier molecular flexibility index (Phi) is 6.51. The molecule has 0 aliphatic rings. The van der Waals surface area contributed by atoms with Crippen LogP contribution in [-0.2, 0) is 17.9 Å². The second-order valence-corrected chi connectivity index (χ2v) is 8.15. The molecule has 0 atom stereocenters. The zero-order valence-corrected chi connectivity index (χ0v) is 19.5. The average Bonchev–Trinajstić information content (AvgIpc) is 3.06. The highest BCUT2D eigenvalue weighted by atomic mass is 35.5. The van der Waals surface area contributed by atoms with E-state index in [2.05, 4.69) is 10.3 Å². The summed E-state index contributed by atoms with van der Waals surface area (Å²) >= 11 is 6.02. The van der Waals surface area contributed by atoms with Crippen LogP contribution in [0.4, 0.5) is 0 Å². The van der Waals surface area contributed by atoms with Crippen LogP contribution in [0.5, 0.6) is 5.75 Å². The molecule has 1 N–H and O–H groups in total. The molecule has 0 aliphatic carbocycles. The van der Waals surface area contributed by atoms with Crippen molar-refractivity contribution in [3.63, 3.8) is 0 Å². The molecule has 2 heterocycles. The van der Waals surface area contributed by atoms with E-state index in [-0.39, 0.29) is 18.0 Å². The molecule has 4 rings (SSSR count). The lowest BCUT2D eigenvalue weighted by atomic mass is 10.2. The topological polar surface area (TPSA) is 78.2 Å². The molecule has 0 unspecified atom stereocenters. The number of rotatable bonds is 7. The third-order valence-corrected chi connectivity index (χ3v) is 5.88. The highest BCUT2D eigenvalue weighted by molar-refractivity contribution is 6.30. The summed E-state index contributed by atoms with van der Waals surface area (Å²) < 4.78 is 8.86. The first-order chi connectivity index (χ1) is 15.9. The van der Waals surface area contributed by atoms with Crippen molar-refractivity contribution in [2.24, 2.45) is 0 Å². The van der Waals surface area contributed by atoms with Crippen LogP contribution in [0.25, 0.3) is 16.7 Å². The van der Waals surface area contributed by atoms with Crippen LogP contribution in [0.3, 0.4) is 0 Å². The molecule has 2 aromatic carbocycles. The maximum atomic E-state index is 13.2. The number of nitrogens with zero attached hydrogens (tertiary/aromatic N) is 3. The van der Waals surface area contributed by atoms with Crippen LogP contribution in [0.15, 0.2) is 59.7 Å². The van der Waals surface area contributed by atoms with Crippen molar-refractivity contribution in [1.82, 2.24) is 19.4 Å². The predicted molar refractivity (Wildman–Crippen MR) is 129 cm³/mol. The van der Waals surface area contributed by atoms with Crippen LogP contribution < -0.4 is 15.6 Å². The van der Waals surface area contributed by atoms with Gasteiger partial charge in [0.05, 0.1) is 12.0 Å². The molecule has 8 heteroatoms. The molecule has 0 radical (unpaired) electrons. The summed E-state index contributed by atoms with van der Waals surface area (Å²) in [5.41, 5.74) is 3.78. The Morgan fingerprint density at radius 2 is 1.85 bits per heavy atom. The fraction of sp³-hybridized carbons (Fsp3) is 0.240. The Hall–Kier alpha value is -3.58. The zero-order chi connectivity index (χ0) is 23.5. The van der Waals surface area contributed by atoms with E-state index < -0.39 is 0 Å². The average molecular weight is 465 g/mol. The van der Waals surface area contributed by atoms with E-state index in [0.29, 0.717) is 29.2 Å². The van der Waals surface area contributed by atoms with Crippen LogP contribution >= 0.6 is 11.6 Å². The highest BCUT2D eigenvalue weighted by Crippen LogP contribution is 2.25. The second kappa shape index (κ2) is 9.50. The summed E-state index contributed by atoms with van der Waals surface area (Å²) in [5.74, 6) is 0.450. The first-order valence-electron chi connectivity index (χ1n) is 10.7. The number of amides is 1. The molecule has 170 valence electrons. The molecule has 4 aromatic rings. The molecule has 7 nitrogen and oxygen atoms in total. The van der Waals surface area contributed by atoms with Gasteiger partial charge < -0.3 is 10.1 Å². The monoisotopic (exact) mass is 464 g/mol. The first kappa shape index (κ1) is 22.6. The number of hydrogen-bond donors (Lipinski definition) is 1. The molecule has 1 amide bonds. The summed E-state index contributed by atoms with van der Waals surface area (Å²) in [6, 6.07) is 14.9. The number of benzene rings is 2. The third kappa shape index (κ3) is 4.50. The van der Waals surface area contributed by atoms with Crippen molar-refractivity contribution in [3.8, 4) is 11.4 Å². The zero-order valence-electron chi connectivity index (χ0n) is 18.8. The van der Waals surface area contributed by atoms with Gasteiger partial charge in [-0.15, -0.1) is 0 Å². The summed E-state index contributed by atoms with van der Waals surface area (Å²) in [5, 5.41) is 3.99. The van der Waals surface area contributed by atoms with Crippen LogP contribution in [0.1, 0.15) is 23.7 Å². The molecular formula is C25H25ClN4O3. The first-order valence-corrected chi connectivity index (χ1v) is 11.1. The molecular weight excluding hydrogens is 440 g/mol. The van der Waals surface area contributed by atoms with Crippen molar-refractivity contribution >= 4 is 28.5 Å². The van der Waals surface area contributed by atoms with Gasteiger partial charge in [-0.2, -0.15) is 0 Å². The van der Waals surface area contributed by atoms with E-state index in [1.54, 1.807) is 12.1 Å². The van der Waals surface area contributed by atoms with E-state index in [0.717, 1.165) is 28.3 Å². The van der Waals surface area contributed by atoms with Crippen molar-refractivity contribution in [1.29, 1.82) is 0 Å². The van der Waals surface area contributed by atoms with Gasteiger partial charge in [0.2, 0.25) is 5.91 Å². The maximum Gasteiger partial charge on any atom is 0.263 e. The van der Waals surface area contributed by atoms with Gasteiger partial charge in [0, 0.05) is 28.5 Å². The number of aryl methyl sites for hydroxylation is 1. The van der Waals surface area contributed by atoms with E-state index in [4.69, 9.17) is 16.3 Å². The molecule has 2 aromatic heterocycles. The Balaban J connectivity index is 1.59. The number of halogens is 1. The number of hydrogen-bond acceptors (Lipinski definition) is 4. The molecule has 0 bridgehead atoms. The Bertz CT molecular complexity index is 1370. The lowest BCUT2D eigenvalue weighted by Gasteiger charge is -2.12. The molecule has 0 spiro atoms. The second-order valence-electron chi connectivity index (χ2n) is 7.72. The van der Waals surface area contributed by atoms with Crippen LogP contribution in [-0.4, -0.2) is 26.6 Å². The molecule has 0 aliphatic heterocycles. The number of carbonyl (C=O) groups is 1. The van der Waals surface area contributed by atoms with Gasteiger partial charge >= 0.3 is 0 Å². The van der Waals surface area contributed by atoms with E-state index >= 15 is 0 Å². The lowest BCUT2D eigenvalue weighted by Crippen LogP contribution is -2.32. The van der Waals surface area contributed by atoms with E-state index in [1.807, 2.05) is 61.7 Å². The Morgan fingerprint density at radius 1 is 1.12 bits per heavy atom. The normalized spacial score (nSPS) is 11.0. The standard InChI is InChI=1S/C25H25ClN4O3/c1-4-33-21-8-6-5-7-18(21)13-27-22(31)14-29-15-28-24-23(25(29)32)16(2)17(3)30(24)20-11-9-19(26)10-12-20/h5-12,15H,4,13-14H2,1-3H3,(H,27,31). The van der Waals surface area contributed by atoms with Gasteiger partial charge in [0.1, 0.15) is 18.6 Å². The minimum Gasteiger partial charge on any atom is -0.494 e. The predicted octanol–water partition coefficient (Wildman–Crippen LogP) is 4.17. The van der Waals surface area contributed by atoms with Gasteiger partial charge in [-0.1, -0.05) is 29.8 Å². The molecule has 0 fully saturated rings. The van der Waals surface area contributed by atoms with Crippen molar-refractivity contribution in [3.05, 3.63) is 87.1 Å². The third-order valence-electron chi connectivity index (χ3n) is 5.63. The minimum atomic E-state index is -0.281. The Morgan fingerprint density at radius 3 is 2.58 bits per heavy atom. The van der Waals surface area contributed by atoms with Gasteiger partial charge in [0.25, 0.3) is 5.56 Å². The fourth-order valence-corrected chi connectivity index (χ4v) is 3.98. The van der Waals surface area contributed by atoms with Crippen molar-refractivity contribution in [2.45, 2.75) is 33.9 Å². The van der Waals surface area contributed by atoms with Gasteiger partial charge in [-0.05, 0) is 56.7 Å². The molecule has 33 heavy (non-hydrogen) atoms. The number of nitrogens with one attached hydrogen (secondary N) is 1. The van der Waals surface area contributed by atoms with Crippen molar-refractivity contribution in [2.75, 3.05) is 6.61 Å².